The topological polar surface area (TPSA) is 82.0 Å². The van der Waals surface area contributed by atoms with Gasteiger partial charge in [0.05, 0.1) is 20.3 Å². The number of methoxy groups -OCH3 is 2. The average Bonchev–Trinajstić information content (AvgIpc) is 2.47. The van der Waals surface area contributed by atoms with Crippen molar-refractivity contribution in [2.24, 2.45) is 0 Å². The molecule has 1 unspecified atom stereocenters. The van der Waals surface area contributed by atoms with Crippen LogP contribution in [0, 0.1) is 0 Å². The highest BCUT2D eigenvalue weighted by atomic mass is 16.5. The normalized spacial score (nSPS) is 11.7. The third kappa shape index (κ3) is 3.27. The van der Waals surface area contributed by atoms with Gasteiger partial charge in [-0.05, 0) is 18.6 Å². The highest BCUT2D eigenvalue weighted by Gasteiger charge is 2.11. The van der Waals surface area contributed by atoms with Crippen LogP contribution in [0.5, 0.6) is 12.0 Å². The van der Waals surface area contributed by atoms with Crippen LogP contribution in [0.2, 0.25) is 0 Å². The molecule has 1 N–H and O–H groups in total. The maximum absolute atomic E-state index is 4.99. The smallest absolute Gasteiger partial charge is 0.324 e. The van der Waals surface area contributed by atoms with E-state index in [4.69, 9.17) is 9.47 Å². The van der Waals surface area contributed by atoms with Gasteiger partial charge in [-0.2, -0.15) is 9.97 Å². The fraction of sp³-hybridized carbons (Fsp3) is 0.333. The molecular formula is C12H15N5O2. The van der Waals surface area contributed by atoms with Crippen LogP contribution in [-0.2, 0) is 0 Å². The second kappa shape index (κ2) is 5.94. The van der Waals surface area contributed by atoms with Gasteiger partial charge < -0.3 is 14.8 Å². The average molecular weight is 261 g/mol. The lowest BCUT2D eigenvalue weighted by molar-refractivity contribution is 0.341. The Hall–Kier alpha value is -2.44. The highest BCUT2D eigenvalue weighted by Crippen LogP contribution is 2.18. The molecule has 0 spiro atoms. The molecule has 1 atom stereocenters. The van der Waals surface area contributed by atoms with E-state index in [0.717, 1.165) is 5.56 Å². The summed E-state index contributed by atoms with van der Waals surface area (Å²) in [4.78, 5) is 16.2. The maximum Gasteiger partial charge on any atom is 0.324 e. The first-order chi connectivity index (χ1) is 9.22. The van der Waals surface area contributed by atoms with Gasteiger partial charge in [-0.25, -0.2) is 0 Å². The lowest BCUT2D eigenvalue weighted by Crippen LogP contribution is -2.11. The van der Waals surface area contributed by atoms with Crippen molar-refractivity contribution in [2.45, 2.75) is 13.0 Å². The van der Waals surface area contributed by atoms with Crippen molar-refractivity contribution in [1.29, 1.82) is 0 Å². The SMILES string of the molecule is COc1nc(NC(C)c2cccnc2)nc(OC)n1. The van der Waals surface area contributed by atoms with Gasteiger partial charge in [0.1, 0.15) is 0 Å². The monoisotopic (exact) mass is 261 g/mol. The van der Waals surface area contributed by atoms with E-state index in [1.165, 1.54) is 14.2 Å². The molecule has 2 aromatic rings. The molecule has 0 aromatic carbocycles. The quantitative estimate of drug-likeness (QED) is 0.872. The second-order valence-electron chi connectivity index (χ2n) is 3.78. The zero-order chi connectivity index (χ0) is 13.7. The van der Waals surface area contributed by atoms with Crippen LogP contribution in [0.1, 0.15) is 18.5 Å². The van der Waals surface area contributed by atoms with E-state index in [9.17, 15) is 0 Å². The highest BCUT2D eigenvalue weighted by molar-refractivity contribution is 5.32. The molecule has 0 fully saturated rings. The molecule has 7 heteroatoms. The Kier molecular flexibility index (Phi) is 4.07. The number of pyridine rings is 1. The Morgan fingerprint density at radius 3 is 2.32 bits per heavy atom. The molecule has 0 saturated heterocycles. The van der Waals surface area contributed by atoms with E-state index in [2.05, 4.69) is 25.3 Å². The van der Waals surface area contributed by atoms with Crippen molar-refractivity contribution in [3.8, 4) is 12.0 Å². The molecule has 0 aliphatic heterocycles. The number of anilines is 1. The van der Waals surface area contributed by atoms with E-state index < -0.39 is 0 Å². The van der Waals surface area contributed by atoms with Crippen LogP contribution in [0.15, 0.2) is 24.5 Å². The number of hydrogen-bond acceptors (Lipinski definition) is 7. The number of nitrogens with one attached hydrogen (secondary N) is 1. The Labute approximate surface area is 111 Å². The van der Waals surface area contributed by atoms with E-state index in [1.54, 1.807) is 12.4 Å². The van der Waals surface area contributed by atoms with Gasteiger partial charge in [0.15, 0.2) is 0 Å². The Morgan fingerprint density at radius 1 is 1.11 bits per heavy atom. The molecule has 0 bridgehead atoms. The fourth-order valence-electron chi connectivity index (χ4n) is 1.49. The van der Waals surface area contributed by atoms with Crippen molar-refractivity contribution in [3.05, 3.63) is 30.1 Å². The zero-order valence-electron chi connectivity index (χ0n) is 11.0. The molecule has 0 aliphatic carbocycles. The summed E-state index contributed by atoms with van der Waals surface area (Å²) in [5.41, 5.74) is 1.03. The molecule has 7 nitrogen and oxygen atoms in total. The van der Waals surface area contributed by atoms with Gasteiger partial charge in [-0.1, -0.05) is 6.07 Å². The van der Waals surface area contributed by atoms with Crippen molar-refractivity contribution in [3.63, 3.8) is 0 Å². The van der Waals surface area contributed by atoms with Gasteiger partial charge >= 0.3 is 12.0 Å². The molecule has 19 heavy (non-hydrogen) atoms. The van der Waals surface area contributed by atoms with E-state index in [0.29, 0.717) is 5.95 Å². The number of hydrogen-bond donors (Lipinski definition) is 1. The summed E-state index contributed by atoms with van der Waals surface area (Å²) in [6.45, 7) is 1.99. The summed E-state index contributed by atoms with van der Waals surface area (Å²) in [6.07, 6.45) is 3.51. The largest absolute Gasteiger partial charge is 0.467 e. The van der Waals surface area contributed by atoms with Crippen LogP contribution < -0.4 is 14.8 Å². The minimum absolute atomic E-state index is 0.00510. The first-order valence-corrected chi connectivity index (χ1v) is 5.73. The number of rotatable bonds is 5. The van der Waals surface area contributed by atoms with Crippen molar-refractivity contribution >= 4 is 5.95 Å². The van der Waals surface area contributed by atoms with Crippen LogP contribution in [-0.4, -0.2) is 34.2 Å². The third-order valence-electron chi connectivity index (χ3n) is 2.49. The minimum atomic E-state index is 0.00510. The summed E-state index contributed by atoms with van der Waals surface area (Å²) in [6, 6.07) is 4.26. The summed E-state index contributed by atoms with van der Waals surface area (Å²) in [7, 11) is 2.98. The minimum Gasteiger partial charge on any atom is -0.467 e. The molecular weight excluding hydrogens is 246 g/mol. The molecule has 0 aliphatic rings. The lowest BCUT2D eigenvalue weighted by Gasteiger charge is -2.14. The molecule has 2 aromatic heterocycles. The van der Waals surface area contributed by atoms with E-state index in [-0.39, 0.29) is 18.1 Å². The van der Waals surface area contributed by atoms with E-state index in [1.807, 2.05) is 19.1 Å². The predicted octanol–water partition coefficient (Wildman–Crippen LogP) is 1.46. The van der Waals surface area contributed by atoms with Gasteiger partial charge in [0.2, 0.25) is 5.95 Å². The van der Waals surface area contributed by atoms with Gasteiger partial charge in [0.25, 0.3) is 0 Å². The Morgan fingerprint density at radius 2 is 1.79 bits per heavy atom. The van der Waals surface area contributed by atoms with Crippen LogP contribution in [0.4, 0.5) is 5.95 Å². The summed E-state index contributed by atoms with van der Waals surface area (Å²) in [5, 5.41) is 3.15. The van der Waals surface area contributed by atoms with Gasteiger partial charge in [-0.15, -0.1) is 4.98 Å². The molecule has 100 valence electrons. The predicted molar refractivity (Wildman–Crippen MR) is 69.2 cm³/mol. The second-order valence-corrected chi connectivity index (χ2v) is 3.78. The van der Waals surface area contributed by atoms with Crippen LogP contribution in [0.25, 0.3) is 0 Å². The molecule has 0 amide bonds. The number of nitrogens with zero attached hydrogens (tertiary/aromatic N) is 4. The first-order valence-electron chi connectivity index (χ1n) is 5.73. The van der Waals surface area contributed by atoms with Crippen LogP contribution in [0.3, 0.4) is 0 Å². The molecule has 0 radical (unpaired) electrons. The summed E-state index contributed by atoms with van der Waals surface area (Å²) < 4.78 is 9.98. The fourth-order valence-corrected chi connectivity index (χ4v) is 1.49. The van der Waals surface area contributed by atoms with Crippen molar-refractivity contribution in [1.82, 2.24) is 19.9 Å². The van der Waals surface area contributed by atoms with Gasteiger partial charge in [0, 0.05) is 12.4 Å². The third-order valence-corrected chi connectivity index (χ3v) is 2.49. The molecule has 0 saturated carbocycles. The van der Waals surface area contributed by atoms with E-state index >= 15 is 0 Å². The van der Waals surface area contributed by atoms with Crippen molar-refractivity contribution in [2.75, 3.05) is 19.5 Å². The standard InChI is InChI=1S/C12H15N5O2/c1-8(9-5-4-6-13-7-9)14-10-15-11(18-2)17-12(16-10)19-3/h4-8H,1-3H3,(H,14,15,16,17). The van der Waals surface area contributed by atoms with Crippen molar-refractivity contribution < 1.29 is 9.47 Å². The number of aromatic nitrogens is 4. The summed E-state index contributed by atoms with van der Waals surface area (Å²) >= 11 is 0. The molecule has 2 rings (SSSR count). The Balaban J connectivity index is 2.18. The number of ether oxygens (including phenoxy) is 2. The van der Waals surface area contributed by atoms with Crippen LogP contribution >= 0.6 is 0 Å². The Bertz CT molecular complexity index is 513. The summed E-state index contributed by atoms with van der Waals surface area (Å²) in [5.74, 6) is 0.389. The molecule has 2 heterocycles. The lowest BCUT2D eigenvalue weighted by atomic mass is 10.1. The zero-order valence-corrected chi connectivity index (χ0v) is 11.0. The maximum atomic E-state index is 4.99. The first kappa shape index (κ1) is 13.0. The van der Waals surface area contributed by atoms with Gasteiger partial charge in [-0.3, -0.25) is 4.98 Å².